The number of anilines is 2. The first-order valence-corrected chi connectivity index (χ1v) is 7.10. The van der Waals surface area contributed by atoms with Crippen LogP contribution in [0.2, 0.25) is 0 Å². The maximum Gasteiger partial charge on any atom is 0.320 e. The molecule has 1 heterocycles. The fourth-order valence-corrected chi connectivity index (χ4v) is 2.56. The number of rotatable bonds is 5. The molecule has 1 aromatic rings. The van der Waals surface area contributed by atoms with E-state index in [4.69, 9.17) is 5.11 Å². The molecular formula is C15H20ClN3O4. The number of halogens is 1. The first kappa shape index (κ1) is 18.9. The van der Waals surface area contributed by atoms with E-state index in [1.165, 1.54) is 6.92 Å². The van der Waals surface area contributed by atoms with Gasteiger partial charge in [0.1, 0.15) is 6.04 Å². The van der Waals surface area contributed by atoms with E-state index < -0.39 is 12.0 Å². The van der Waals surface area contributed by atoms with E-state index in [1.54, 1.807) is 29.2 Å². The fourth-order valence-electron chi connectivity index (χ4n) is 2.56. The minimum atomic E-state index is -0.891. The van der Waals surface area contributed by atoms with E-state index in [-0.39, 0.29) is 30.8 Å². The zero-order valence-electron chi connectivity index (χ0n) is 12.7. The van der Waals surface area contributed by atoms with Crippen molar-refractivity contribution in [3.8, 4) is 0 Å². The second-order valence-electron chi connectivity index (χ2n) is 5.28. The van der Waals surface area contributed by atoms with Gasteiger partial charge in [-0.1, -0.05) is 6.07 Å². The van der Waals surface area contributed by atoms with Crippen LogP contribution in [0, 0.1) is 0 Å². The van der Waals surface area contributed by atoms with Gasteiger partial charge in [0, 0.05) is 18.3 Å². The van der Waals surface area contributed by atoms with Gasteiger partial charge in [-0.2, -0.15) is 0 Å². The Morgan fingerprint density at radius 1 is 1.26 bits per heavy atom. The fraction of sp³-hybridized carbons (Fsp3) is 0.400. The second-order valence-corrected chi connectivity index (χ2v) is 5.28. The number of carboxylic acids is 1. The third kappa shape index (κ3) is 5.54. The van der Waals surface area contributed by atoms with Crippen molar-refractivity contribution in [3.05, 3.63) is 24.3 Å². The lowest BCUT2D eigenvalue weighted by Gasteiger charge is -2.20. The molecule has 1 aliphatic heterocycles. The molecule has 126 valence electrons. The molecule has 0 bridgehead atoms. The van der Waals surface area contributed by atoms with Crippen LogP contribution in [0.15, 0.2) is 24.3 Å². The van der Waals surface area contributed by atoms with Crippen LogP contribution in [0.25, 0.3) is 0 Å². The Balaban J connectivity index is 0.00000264. The number of nitrogens with zero attached hydrogens (tertiary/aromatic N) is 1. The van der Waals surface area contributed by atoms with Gasteiger partial charge in [0.25, 0.3) is 0 Å². The Bertz CT molecular complexity index is 594. The lowest BCUT2D eigenvalue weighted by atomic mass is 10.2. The Labute approximate surface area is 140 Å². The highest BCUT2D eigenvalue weighted by molar-refractivity contribution is 5.94. The predicted molar refractivity (Wildman–Crippen MR) is 88.9 cm³/mol. The average Bonchev–Trinajstić information content (AvgIpc) is 2.86. The lowest BCUT2D eigenvalue weighted by molar-refractivity contribution is -0.142. The summed E-state index contributed by atoms with van der Waals surface area (Å²) >= 11 is 0. The van der Waals surface area contributed by atoms with E-state index in [0.29, 0.717) is 24.3 Å². The zero-order chi connectivity index (χ0) is 16.1. The van der Waals surface area contributed by atoms with Gasteiger partial charge in [0.05, 0.1) is 6.54 Å². The van der Waals surface area contributed by atoms with Gasteiger partial charge in [0.15, 0.2) is 0 Å². The summed E-state index contributed by atoms with van der Waals surface area (Å²) < 4.78 is 0. The summed E-state index contributed by atoms with van der Waals surface area (Å²) in [5, 5.41) is 14.4. The zero-order valence-corrected chi connectivity index (χ0v) is 13.6. The van der Waals surface area contributed by atoms with Gasteiger partial charge in [-0.25, -0.2) is 0 Å². The van der Waals surface area contributed by atoms with Crippen molar-refractivity contribution in [2.24, 2.45) is 0 Å². The summed E-state index contributed by atoms with van der Waals surface area (Å²) in [6, 6.07) is 6.21. The Kier molecular flexibility index (Phi) is 6.99. The van der Waals surface area contributed by atoms with Crippen molar-refractivity contribution in [2.75, 3.05) is 23.7 Å². The molecular weight excluding hydrogens is 322 g/mol. The highest BCUT2D eigenvalue weighted by Gasteiger charge is 2.31. The molecule has 0 spiro atoms. The van der Waals surface area contributed by atoms with Gasteiger partial charge in [0.2, 0.25) is 11.8 Å². The molecule has 1 aliphatic rings. The van der Waals surface area contributed by atoms with E-state index in [1.807, 2.05) is 0 Å². The van der Waals surface area contributed by atoms with Crippen molar-refractivity contribution < 1.29 is 19.5 Å². The number of likely N-dealkylation sites (tertiary alicyclic amines) is 1. The van der Waals surface area contributed by atoms with Gasteiger partial charge >= 0.3 is 5.97 Å². The van der Waals surface area contributed by atoms with Gasteiger partial charge in [-0.15, -0.1) is 12.4 Å². The number of amides is 2. The molecule has 7 nitrogen and oxygen atoms in total. The Hall–Kier alpha value is -2.12. The third-order valence-electron chi connectivity index (χ3n) is 3.46. The number of carbonyl (C=O) groups excluding carboxylic acids is 2. The molecule has 2 amide bonds. The number of hydrogen-bond donors (Lipinski definition) is 3. The van der Waals surface area contributed by atoms with E-state index in [2.05, 4.69) is 10.6 Å². The van der Waals surface area contributed by atoms with Crippen LogP contribution in [-0.4, -0.2) is 46.9 Å². The van der Waals surface area contributed by atoms with Crippen LogP contribution in [0.3, 0.4) is 0 Å². The summed E-state index contributed by atoms with van der Waals surface area (Å²) in [5.74, 6) is -1.35. The quantitative estimate of drug-likeness (QED) is 0.754. The molecule has 0 radical (unpaired) electrons. The van der Waals surface area contributed by atoms with Crippen LogP contribution in [0.5, 0.6) is 0 Å². The molecule has 1 saturated heterocycles. The van der Waals surface area contributed by atoms with Crippen molar-refractivity contribution in [2.45, 2.75) is 25.8 Å². The molecule has 2 rings (SSSR count). The molecule has 3 N–H and O–H groups in total. The average molecular weight is 342 g/mol. The second kappa shape index (κ2) is 8.50. The lowest BCUT2D eigenvalue weighted by Crippen LogP contribution is -2.40. The van der Waals surface area contributed by atoms with E-state index in [0.717, 1.165) is 6.42 Å². The standard InChI is InChI=1S/C15H19N3O4.ClH/c1-10(19)16-11-4-2-5-12(8-11)17-14(20)9-18-7-3-6-13(18)15(21)22;/h2,4-5,8,13H,3,6-7,9H2,1H3,(H,16,19)(H,17,20)(H,21,22);1H. The van der Waals surface area contributed by atoms with Crippen LogP contribution in [0.4, 0.5) is 11.4 Å². The summed E-state index contributed by atoms with van der Waals surface area (Å²) in [6.45, 7) is 2.06. The number of hydrogen-bond acceptors (Lipinski definition) is 4. The van der Waals surface area contributed by atoms with Crippen LogP contribution in [0.1, 0.15) is 19.8 Å². The van der Waals surface area contributed by atoms with Crippen LogP contribution < -0.4 is 10.6 Å². The molecule has 1 aromatic carbocycles. The van der Waals surface area contributed by atoms with E-state index >= 15 is 0 Å². The maximum atomic E-state index is 12.0. The SMILES string of the molecule is CC(=O)Nc1cccc(NC(=O)CN2CCCC2C(=O)O)c1.Cl. The van der Waals surface area contributed by atoms with Crippen LogP contribution in [-0.2, 0) is 14.4 Å². The number of aliphatic carboxylic acids is 1. The van der Waals surface area contributed by atoms with Gasteiger partial charge < -0.3 is 15.7 Å². The molecule has 0 saturated carbocycles. The smallest absolute Gasteiger partial charge is 0.320 e. The number of carbonyl (C=O) groups is 3. The molecule has 23 heavy (non-hydrogen) atoms. The third-order valence-corrected chi connectivity index (χ3v) is 3.46. The maximum absolute atomic E-state index is 12.0. The number of carboxylic acid groups (broad SMARTS) is 1. The monoisotopic (exact) mass is 341 g/mol. The minimum Gasteiger partial charge on any atom is -0.480 e. The largest absolute Gasteiger partial charge is 0.480 e. The number of benzene rings is 1. The molecule has 0 aliphatic carbocycles. The Morgan fingerprint density at radius 2 is 1.91 bits per heavy atom. The first-order valence-electron chi connectivity index (χ1n) is 7.10. The molecule has 1 fully saturated rings. The molecule has 0 aromatic heterocycles. The predicted octanol–water partition coefficient (Wildman–Crippen LogP) is 1.55. The molecule has 1 atom stereocenters. The van der Waals surface area contributed by atoms with E-state index in [9.17, 15) is 14.4 Å². The summed E-state index contributed by atoms with van der Waals surface area (Å²) in [4.78, 5) is 35.8. The molecule has 8 heteroatoms. The van der Waals surface area contributed by atoms with Crippen LogP contribution >= 0.6 is 12.4 Å². The minimum absolute atomic E-state index is 0. The van der Waals surface area contributed by atoms with Gasteiger partial charge in [-0.05, 0) is 37.6 Å². The molecule has 1 unspecified atom stereocenters. The topological polar surface area (TPSA) is 98.7 Å². The normalized spacial score (nSPS) is 17.2. The highest BCUT2D eigenvalue weighted by atomic mass is 35.5. The first-order chi connectivity index (χ1) is 10.5. The van der Waals surface area contributed by atoms with Crippen molar-refractivity contribution in [1.82, 2.24) is 4.90 Å². The van der Waals surface area contributed by atoms with Crippen molar-refractivity contribution in [3.63, 3.8) is 0 Å². The van der Waals surface area contributed by atoms with Gasteiger partial charge in [-0.3, -0.25) is 19.3 Å². The number of nitrogens with one attached hydrogen (secondary N) is 2. The van der Waals surface area contributed by atoms with Crippen molar-refractivity contribution >= 4 is 41.6 Å². The summed E-state index contributed by atoms with van der Waals surface area (Å²) in [5.41, 5.74) is 1.15. The Morgan fingerprint density at radius 3 is 2.52 bits per heavy atom. The van der Waals surface area contributed by atoms with Crippen molar-refractivity contribution in [1.29, 1.82) is 0 Å². The summed E-state index contributed by atoms with van der Waals surface area (Å²) in [7, 11) is 0. The summed E-state index contributed by atoms with van der Waals surface area (Å²) in [6.07, 6.45) is 1.35. The highest BCUT2D eigenvalue weighted by Crippen LogP contribution is 2.18.